The van der Waals surface area contributed by atoms with Crippen LogP contribution in [-0.4, -0.2) is 4.57 Å². The first kappa shape index (κ1) is 11.3. The smallest absolute Gasteiger partial charge is 0.0621 e. The average molecular weight is 221 g/mol. The van der Waals surface area contributed by atoms with Crippen LogP contribution >= 0.6 is 0 Å². The number of benzene rings is 1. The molecule has 1 aromatic carbocycles. The van der Waals surface area contributed by atoms with E-state index in [2.05, 4.69) is 31.2 Å². The fourth-order valence-electron chi connectivity index (χ4n) is 1.97. The van der Waals surface area contributed by atoms with Gasteiger partial charge in [-0.15, -0.1) is 0 Å². The van der Waals surface area contributed by atoms with Crippen LogP contribution in [0, 0.1) is 19.4 Å². The van der Waals surface area contributed by atoms with Crippen molar-refractivity contribution in [3.63, 3.8) is 0 Å². The van der Waals surface area contributed by atoms with Gasteiger partial charge < -0.3 is 0 Å². The Morgan fingerprint density at radius 1 is 1.24 bits per heavy atom. The molecule has 1 nitrogen and oxygen atoms in total. The minimum Gasteiger partial charge on any atom is -0.269 e. The summed E-state index contributed by atoms with van der Waals surface area (Å²) in [5, 5.41) is 0. The number of nitrogens with zero attached hydrogens (tertiary/aromatic N) is 1. The van der Waals surface area contributed by atoms with Crippen molar-refractivity contribution in [1.82, 2.24) is 4.57 Å². The van der Waals surface area contributed by atoms with Crippen LogP contribution in [0.25, 0.3) is 17.3 Å². The molecule has 0 fully saturated rings. The molecule has 0 aliphatic carbocycles. The summed E-state index contributed by atoms with van der Waals surface area (Å²) in [5.74, 6) is 0. The van der Waals surface area contributed by atoms with E-state index in [0.29, 0.717) is 0 Å². The van der Waals surface area contributed by atoms with Crippen LogP contribution in [0.15, 0.2) is 42.5 Å². The second-order valence-electron chi connectivity index (χ2n) is 3.93. The van der Waals surface area contributed by atoms with Gasteiger partial charge in [-0.2, -0.15) is 0 Å². The lowest BCUT2D eigenvalue weighted by Gasteiger charge is -2.04. The van der Waals surface area contributed by atoms with Gasteiger partial charge >= 0.3 is 0 Å². The van der Waals surface area contributed by atoms with E-state index in [-0.39, 0.29) is 0 Å². The molecule has 84 valence electrons. The first-order chi connectivity index (χ1) is 8.27. The third-order valence-electron chi connectivity index (χ3n) is 2.76. The summed E-state index contributed by atoms with van der Waals surface area (Å²) >= 11 is 0. The van der Waals surface area contributed by atoms with Crippen LogP contribution < -0.4 is 0 Å². The second kappa shape index (κ2) is 4.76. The molecule has 0 unspecified atom stereocenters. The molecular formula is C16H15N. The first-order valence-corrected chi connectivity index (χ1v) is 5.65. The van der Waals surface area contributed by atoms with Crippen molar-refractivity contribution in [3.05, 3.63) is 53.7 Å². The number of rotatable bonds is 2. The topological polar surface area (TPSA) is 4.93 Å². The molecule has 1 heteroatoms. The predicted molar refractivity (Wildman–Crippen MR) is 73.5 cm³/mol. The molecule has 0 spiro atoms. The maximum Gasteiger partial charge on any atom is 0.0621 e. The molecule has 0 amide bonds. The number of hydrogen-bond donors (Lipinski definition) is 0. The molecule has 0 bridgehead atoms. The number of terminal acetylenes is 1. The van der Waals surface area contributed by atoms with E-state index in [9.17, 15) is 0 Å². The summed E-state index contributed by atoms with van der Waals surface area (Å²) in [6.07, 6.45) is 9.66. The molecule has 2 aromatic rings. The van der Waals surface area contributed by atoms with Crippen molar-refractivity contribution < 1.29 is 0 Å². The van der Waals surface area contributed by atoms with E-state index >= 15 is 0 Å². The minimum absolute atomic E-state index is 1.07. The fourth-order valence-corrected chi connectivity index (χ4v) is 1.97. The van der Waals surface area contributed by atoms with Crippen molar-refractivity contribution in [1.29, 1.82) is 0 Å². The maximum atomic E-state index is 5.61. The Hall–Kier alpha value is -2.20. The lowest BCUT2D eigenvalue weighted by molar-refractivity contribution is 1.12. The van der Waals surface area contributed by atoms with E-state index in [1.807, 2.05) is 41.8 Å². The Kier molecular flexibility index (Phi) is 3.16. The van der Waals surface area contributed by atoms with Crippen molar-refractivity contribution in [3.8, 4) is 23.7 Å². The zero-order chi connectivity index (χ0) is 12.3. The standard InChI is InChI=1S/C16H15N/c1-4-9-15-13(3)12-16(17(15)5-2)14-10-7-6-8-11-14/h2,4,6-12H,1,3H3/b9-4-. The summed E-state index contributed by atoms with van der Waals surface area (Å²) < 4.78 is 1.89. The van der Waals surface area contributed by atoms with Crippen LogP contribution in [0.5, 0.6) is 0 Å². The molecule has 2 rings (SSSR count). The van der Waals surface area contributed by atoms with Gasteiger partial charge in [0.15, 0.2) is 0 Å². The van der Waals surface area contributed by atoms with Gasteiger partial charge in [0.05, 0.1) is 11.4 Å². The van der Waals surface area contributed by atoms with Gasteiger partial charge in [-0.3, -0.25) is 4.57 Å². The molecule has 1 heterocycles. The molecular weight excluding hydrogens is 206 g/mol. The van der Waals surface area contributed by atoms with E-state index < -0.39 is 0 Å². The third kappa shape index (κ3) is 2.03. The Balaban J connectivity index is 2.65. The fraction of sp³-hybridized carbons (Fsp3) is 0.125. The molecule has 0 atom stereocenters. The van der Waals surface area contributed by atoms with Gasteiger partial charge in [0, 0.05) is 6.04 Å². The van der Waals surface area contributed by atoms with E-state index in [0.717, 1.165) is 17.0 Å². The summed E-state index contributed by atoms with van der Waals surface area (Å²) in [6.45, 7) is 4.07. The monoisotopic (exact) mass is 221 g/mol. The SMILES string of the molecule is C#Cn1c(-c2ccccc2)cc(C)c1/C=C\C. The number of allylic oxidation sites excluding steroid dienone is 1. The lowest BCUT2D eigenvalue weighted by Crippen LogP contribution is -1.94. The van der Waals surface area contributed by atoms with E-state index in [4.69, 9.17) is 6.42 Å². The van der Waals surface area contributed by atoms with Crippen molar-refractivity contribution in [2.45, 2.75) is 13.8 Å². The van der Waals surface area contributed by atoms with Crippen molar-refractivity contribution in [2.75, 3.05) is 0 Å². The summed E-state index contributed by atoms with van der Waals surface area (Å²) in [7, 11) is 0. The van der Waals surface area contributed by atoms with Crippen LogP contribution in [0.4, 0.5) is 0 Å². The predicted octanol–water partition coefficient (Wildman–Crippen LogP) is 3.94. The number of aromatic nitrogens is 1. The molecule has 0 N–H and O–H groups in total. The van der Waals surface area contributed by atoms with Crippen LogP contribution in [0.3, 0.4) is 0 Å². The molecule has 0 radical (unpaired) electrons. The van der Waals surface area contributed by atoms with Crippen LogP contribution in [-0.2, 0) is 0 Å². The number of aryl methyl sites for hydroxylation is 1. The van der Waals surface area contributed by atoms with E-state index in [1.54, 1.807) is 0 Å². The Morgan fingerprint density at radius 2 is 1.94 bits per heavy atom. The van der Waals surface area contributed by atoms with Crippen LogP contribution in [0.2, 0.25) is 0 Å². The second-order valence-corrected chi connectivity index (χ2v) is 3.93. The summed E-state index contributed by atoms with van der Waals surface area (Å²) in [6, 6.07) is 15.1. The van der Waals surface area contributed by atoms with Gasteiger partial charge in [0.2, 0.25) is 0 Å². The first-order valence-electron chi connectivity index (χ1n) is 5.65. The number of hydrogen-bond acceptors (Lipinski definition) is 0. The molecule has 0 aliphatic heterocycles. The van der Waals surface area contributed by atoms with Gasteiger partial charge in [0.1, 0.15) is 0 Å². The quantitative estimate of drug-likeness (QED) is 0.677. The van der Waals surface area contributed by atoms with Crippen LogP contribution in [0.1, 0.15) is 18.2 Å². The maximum absolute atomic E-state index is 5.61. The Labute approximate surface area is 102 Å². The third-order valence-corrected chi connectivity index (χ3v) is 2.76. The Morgan fingerprint density at radius 3 is 2.53 bits per heavy atom. The highest BCUT2D eigenvalue weighted by Gasteiger charge is 2.09. The van der Waals surface area contributed by atoms with Gasteiger partial charge in [-0.05, 0) is 37.1 Å². The van der Waals surface area contributed by atoms with Crippen molar-refractivity contribution >= 4 is 6.08 Å². The molecule has 0 aliphatic rings. The minimum atomic E-state index is 1.07. The average Bonchev–Trinajstić information content (AvgIpc) is 2.68. The van der Waals surface area contributed by atoms with Crippen molar-refractivity contribution in [2.24, 2.45) is 0 Å². The Bertz CT molecular complexity index is 580. The summed E-state index contributed by atoms with van der Waals surface area (Å²) in [4.78, 5) is 0. The van der Waals surface area contributed by atoms with Gasteiger partial charge in [-0.25, -0.2) is 0 Å². The zero-order valence-corrected chi connectivity index (χ0v) is 10.1. The zero-order valence-electron chi connectivity index (χ0n) is 10.1. The molecule has 17 heavy (non-hydrogen) atoms. The van der Waals surface area contributed by atoms with Gasteiger partial charge in [-0.1, -0.05) is 42.8 Å². The van der Waals surface area contributed by atoms with E-state index in [1.165, 1.54) is 5.56 Å². The van der Waals surface area contributed by atoms with Gasteiger partial charge in [0.25, 0.3) is 0 Å². The largest absolute Gasteiger partial charge is 0.269 e. The highest BCUT2D eigenvalue weighted by Crippen LogP contribution is 2.25. The lowest BCUT2D eigenvalue weighted by atomic mass is 10.1. The molecule has 1 aromatic heterocycles. The highest BCUT2D eigenvalue weighted by atomic mass is 15.0. The highest BCUT2D eigenvalue weighted by molar-refractivity contribution is 5.68. The molecule has 0 saturated carbocycles. The summed E-state index contributed by atoms with van der Waals surface area (Å²) in [5.41, 5.74) is 4.48. The normalized spacial score (nSPS) is 10.6. The molecule has 0 saturated heterocycles.